The number of aryl methyl sites for hydroxylation is 1. The molecule has 0 amide bonds. The van der Waals surface area contributed by atoms with Gasteiger partial charge in [-0.3, -0.25) is 13.8 Å². The molecule has 1 N–H and O–H groups in total. The molecule has 2 aliphatic rings. The molecule has 0 atom stereocenters. The smallest absolute Gasteiger partial charge is 0.308 e. The fraction of sp³-hybridized carbons (Fsp3) is 0.692. The molecule has 1 aromatic carbocycles. The van der Waals surface area contributed by atoms with E-state index in [0.717, 1.165) is 56.9 Å². The highest BCUT2D eigenvalue weighted by Crippen LogP contribution is 2.31. The van der Waals surface area contributed by atoms with Gasteiger partial charge in [0.05, 0.1) is 37.6 Å². The van der Waals surface area contributed by atoms with Gasteiger partial charge in [-0.15, -0.1) is 0 Å². The van der Waals surface area contributed by atoms with E-state index in [4.69, 9.17) is 14.0 Å². The summed E-state index contributed by atoms with van der Waals surface area (Å²) in [7, 11) is -0.877. The van der Waals surface area contributed by atoms with E-state index in [1.165, 1.54) is 14.2 Å². The summed E-state index contributed by atoms with van der Waals surface area (Å²) in [6, 6.07) is 6.60. The largest absolute Gasteiger partial charge is 0.469 e. The molecular formula is C26H42O8S. The molecule has 1 aromatic rings. The average Bonchev–Trinajstić information content (AvgIpc) is 2.87. The number of rotatable bonds is 7. The molecular weight excluding hydrogens is 472 g/mol. The van der Waals surface area contributed by atoms with Gasteiger partial charge < -0.3 is 14.6 Å². The van der Waals surface area contributed by atoms with Crippen molar-refractivity contribution in [2.45, 2.75) is 70.6 Å². The summed E-state index contributed by atoms with van der Waals surface area (Å²) in [4.78, 5) is 22.7. The molecule has 200 valence electrons. The molecule has 2 fully saturated rings. The minimum atomic E-state index is -3.70. The highest BCUT2D eigenvalue weighted by Gasteiger charge is 2.28. The third kappa shape index (κ3) is 9.89. The minimum Gasteiger partial charge on any atom is -0.469 e. The average molecular weight is 515 g/mol. The van der Waals surface area contributed by atoms with Gasteiger partial charge in [-0.1, -0.05) is 25.1 Å². The Bertz CT molecular complexity index is 865. The number of aliphatic hydroxyl groups excluding tert-OH is 1. The normalized spacial score (nSPS) is 24.2. The van der Waals surface area contributed by atoms with E-state index in [1.54, 1.807) is 24.3 Å². The monoisotopic (exact) mass is 514 g/mol. The Hall–Kier alpha value is -1.97. The topological polar surface area (TPSA) is 116 Å². The van der Waals surface area contributed by atoms with E-state index in [9.17, 15) is 18.0 Å². The molecule has 0 unspecified atom stereocenters. The summed E-state index contributed by atoms with van der Waals surface area (Å²) in [6.07, 6.45) is 6.67. The van der Waals surface area contributed by atoms with Crippen molar-refractivity contribution in [2.75, 3.05) is 27.4 Å². The van der Waals surface area contributed by atoms with Crippen LogP contribution in [-0.2, 0) is 33.4 Å². The zero-order chi connectivity index (χ0) is 25.1. The van der Waals surface area contributed by atoms with Gasteiger partial charge in [0.15, 0.2) is 0 Å². The van der Waals surface area contributed by atoms with E-state index < -0.39 is 10.1 Å². The second kappa shape index (κ2) is 15.2. The SMILES string of the molecule is C.COC(=O)C1CCC(CO)CC1.COC(=O)C1CCC(COS(=O)(=O)c2ccc(C)cc2)CC1. The van der Waals surface area contributed by atoms with Crippen molar-refractivity contribution in [3.63, 3.8) is 0 Å². The first-order valence-corrected chi connectivity index (χ1v) is 13.3. The van der Waals surface area contributed by atoms with Crippen molar-refractivity contribution in [1.29, 1.82) is 0 Å². The molecule has 2 saturated carbocycles. The Morgan fingerprint density at radius 3 is 1.66 bits per heavy atom. The van der Waals surface area contributed by atoms with Crippen molar-refractivity contribution in [1.82, 2.24) is 0 Å². The van der Waals surface area contributed by atoms with Gasteiger partial charge in [0.25, 0.3) is 10.1 Å². The lowest BCUT2D eigenvalue weighted by molar-refractivity contribution is -0.147. The van der Waals surface area contributed by atoms with Gasteiger partial charge in [-0.05, 0) is 82.3 Å². The number of hydrogen-bond acceptors (Lipinski definition) is 8. The van der Waals surface area contributed by atoms with Gasteiger partial charge in [0.1, 0.15) is 0 Å². The van der Waals surface area contributed by atoms with Gasteiger partial charge in [-0.25, -0.2) is 0 Å². The maximum Gasteiger partial charge on any atom is 0.308 e. The van der Waals surface area contributed by atoms with Gasteiger partial charge in [-0.2, -0.15) is 8.42 Å². The Morgan fingerprint density at radius 1 is 0.829 bits per heavy atom. The summed E-state index contributed by atoms with van der Waals surface area (Å²) >= 11 is 0. The molecule has 2 aliphatic carbocycles. The van der Waals surface area contributed by atoms with Crippen LogP contribution in [-0.4, -0.2) is 52.9 Å². The molecule has 0 radical (unpaired) electrons. The first-order valence-electron chi connectivity index (χ1n) is 11.9. The highest BCUT2D eigenvalue weighted by molar-refractivity contribution is 7.86. The number of hydrogen-bond donors (Lipinski definition) is 1. The Kier molecular flexibility index (Phi) is 13.5. The van der Waals surface area contributed by atoms with Crippen LogP contribution in [0.4, 0.5) is 0 Å². The number of carbonyl (C=O) groups is 2. The molecule has 0 aliphatic heterocycles. The second-order valence-corrected chi connectivity index (χ2v) is 10.8. The van der Waals surface area contributed by atoms with Gasteiger partial charge >= 0.3 is 11.9 Å². The quantitative estimate of drug-likeness (QED) is 0.423. The van der Waals surface area contributed by atoms with Crippen LogP contribution in [0.2, 0.25) is 0 Å². The summed E-state index contributed by atoms with van der Waals surface area (Å²) in [5, 5.41) is 8.86. The third-order valence-corrected chi connectivity index (χ3v) is 8.09. The molecule has 35 heavy (non-hydrogen) atoms. The standard InChI is InChI=1S/C16H22O5S.C9H16O3.CH4/c1-12-3-9-15(10-4-12)22(18,19)21-11-13-5-7-14(8-6-13)16(17)20-2;1-12-9(11)8-4-2-7(6-10)3-5-8;/h3-4,9-10,13-14H,5-8,11H2,1-2H3;7-8,10H,2-6H2,1H3;1H4. The number of methoxy groups -OCH3 is 2. The molecule has 0 bridgehead atoms. The zero-order valence-corrected chi connectivity index (χ0v) is 21.2. The predicted octanol–water partition coefficient (Wildman–Crippen LogP) is 4.27. The second-order valence-electron chi connectivity index (χ2n) is 9.22. The third-order valence-electron chi connectivity index (χ3n) is 6.79. The lowest BCUT2D eigenvalue weighted by Crippen LogP contribution is -2.25. The summed E-state index contributed by atoms with van der Waals surface area (Å²) < 4.78 is 38.8. The van der Waals surface area contributed by atoms with Crippen LogP contribution < -0.4 is 0 Å². The Labute approximate surface area is 210 Å². The molecule has 8 nitrogen and oxygen atoms in total. The first kappa shape index (κ1) is 31.1. The molecule has 0 spiro atoms. The van der Waals surface area contributed by atoms with Crippen molar-refractivity contribution < 1.29 is 36.8 Å². The number of esters is 2. The van der Waals surface area contributed by atoms with Crippen molar-refractivity contribution in [3.05, 3.63) is 29.8 Å². The van der Waals surface area contributed by atoms with E-state index in [2.05, 4.69) is 4.74 Å². The number of carbonyl (C=O) groups excluding carboxylic acids is 2. The first-order chi connectivity index (χ1) is 16.2. The van der Waals surface area contributed by atoms with Gasteiger partial charge in [0.2, 0.25) is 0 Å². The van der Waals surface area contributed by atoms with E-state index >= 15 is 0 Å². The molecule has 0 saturated heterocycles. The number of aliphatic hydroxyl groups is 1. The minimum absolute atomic E-state index is 0. The summed E-state index contributed by atoms with van der Waals surface area (Å²) in [6.45, 7) is 2.33. The molecule has 0 heterocycles. The summed E-state index contributed by atoms with van der Waals surface area (Å²) in [5.74, 6) is 0.331. The zero-order valence-electron chi connectivity index (χ0n) is 20.4. The van der Waals surface area contributed by atoms with Crippen LogP contribution in [0.25, 0.3) is 0 Å². The lowest BCUT2D eigenvalue weighted by atomic mass is 9.82. The lowest BCUT2D eigenvalue weighted by Gasteiger charge is -2.26. The molecule has 3 rings (SSSR count). The van der Waals surface area contributed by atoms with Crippen LogP contribution in [0, 0.1) is 30.6 Å². The van der Waals surface area contributed by atoms with Crippen molar-refractivity contribution >= 4 is 22.1 Å². The molecule has 9 heteroatoms. The number of benzene rings is 1. The van der Waals surface area contributed by atoms with Crippen molar-refractivity contribution in [2.24, 2.45) is 23.7 Å². The van der Waals surface area contributed by atoms with Crippen LogP contribution in [0.15, 0.2) is 29.2 Å². The summed E-state index contributed by atoms with van der Waals surface area (Å²) in [5.41, 5.74) is 1.00. The predicted molar refractivity (Wildman–Crippen MR) is 133 cm³/mol. The maximum absolute atomic E-state index is 12.1. The van der Waals surface area contributed by atoms with Crippen LogP contribution in [0.5, 0.6) is 0 Å². The Morgan fingerprint density at radius 2 is 1.26 bits per heavy atom. The molecule has 0 aromatic heterocycles. The maximum atomic E-state index is 12.1. The van der Waals surface area contributed by atoms with Gasteiger partial charge in [0, 0.05) is 6.61 Å². The van der Waals surface area contributed by atoms with Crippen molar-refractivity contribution in [3.8, 4) is 0 Å². The highest BCUT2D eigenvalue weighted by atomic mass is 32.2. The Balaban J connectivity index is 0.000000401. The van der Waals surface area contributed by atoms with Crippen LogP contribution in [0.3, 0.4) is 0 Å². The fourth-order valence-electron chi connectivity index (χ4n) is 4.44. The number of ether oxygens (including phenoxy) is 2. The fourth-order valence-corrected chi connectivity index (χ4v) is 5.41. The van der Waals surface area contributed by atoms with E-state index in [0.29, 0.717) is 5.92 Å². The van der Waals surface area contributed by atoms with E-state index in [1.807, 2.05) is 6.92 Å². The van der Waals surface area contributed by atoms with Crippen LogP contribution in [0.1, 0.15) is 64.4 Å². The van der Waals surface area contributed by atoms with Crippen LogP contribution >= 0.6 is 0 Å². The van der Waals surface area contributed by atoms with E-state index in [-0.39, 0.29) is 55.2 Å².